The van der Waals surface area contributed by atoms with Gasteiger partial charge >= 0.3 is 0 Å². The molecule has 0 aromatic heterocycles. The van der Waals surface area contributed by atoms with Crippen molar-refractivity contribution in [3.05, 3.63) is 29.8 Å². The molecule has 0 aliphatic rings. The molecule has 0 bridgehead atoms. The van der Waals surface area contributed by atoms with Gasteiger partial charge in [0.25, 0.3) is 0 Å². The summed E-state index contributed by atoms with van der Waals surface area (Å²) in [7, 11) is -3.10. The second-order valence-corrected chi connectivity index (χ2v) is 6.37. The lowest BCUT2D eigenvalue weighted by Gasteiger charge is -2.04. The molecule has 0 heterocycles. The molecule has 0 aliphatic carbocycles. The molecule has 1 aromatic rings. The van der Waals surface area contributed by atoms with Gasteiger partial charge in [0.2, 0.25) is 0 Å². The molecule has 0 fully saturated rings. The van der Waals surface area contributed by atoms with Gasteiger partial charge in [-0.15, -0.1) is 11.6 Å². The van der Waals surface area contributed by atoms with E-state index in [9.17, 15) is 8.42 Å². The fourth-order valence-electron chi connectivity index (χ4n) is 1.43. The van der Waals surface area contributed by atoms with Crippen molar-refractivity contribution in [2.75, 3.05) is 11.6 Å². The topological polar surface area (TPSA) is 34.1 Å². The van der Waals surface area contributed by atoms with Crippen LogP contribution in [-0.2, 0) is 9.84 Å². The van der Waals surface area contributed by atoms with Crippen LogP contribution in [0.5, 0.6) is 0 Å². The summed E-state index contributed by atoms with van der Waals surface area (Å²) in [6.45, 7) is 1.94. The van der Waals surface area contributed by atoms with E-state index in [0.717, 1.165) is 18.4 Å². The highest BCUT2D eigenvalue weighted by Crippen LogP contribution is 2.14. The Morgan fingerprint density at radius 2 is 1.69 bits per heavy atom. The molecule has 4 heteroatoms. The molecule has 0 N–H and O–H groups in total. The highest BCUT2D eigenvalue weighted by molar-refractivity contribution is 7.91. The van der Waals surface area contributed by atoms with Crippen LogP contribution in [-0.4, -0.2) is 20.1 Å². The first-order valence-electron chi connectivity index (χ1n) is 5.41. The van der Waals surface area contributed by atoms with Crippen LogP contribution >= 0.6 is 11.6 Å². The average Bonchev–Trinajstić information content (AvgIpc) is 2.25. The Balaban J connectivity index is 2.60. The normalized spacial score (nSPS) is 11.6. The zero-order valence-electron chi connectivity index (χ0n) is 9.45. The van der Waals surface area contributed by atoms with E-state index < -0.39 is 9.84 Å². The summed E-state index contributed by atoms with van der Waals surface area (Å²) in [5.41, 5.74) is 1.07. The van der Waals surface area contributed by atoms with Crippen molar-refractivity contribution in [3.8, 4) is 0 Å². The molecule has 0 amide bonds. The second kappa shape index (κ2) is 6.26. The third-order valence-electron chi connectivity index (χ3n) is 2.43. The second-order valence-electron chi connectivity index (χ2n) is 3.88. The average molecular weight is 261 g/mol. The molecule has 1 rings (SSSR count). The molecule has 2 nitrogen and oxygen atoms in total. The Labute approximate surface area is 103 Å². The predicted octanol–water partition coefficient (Wildman–Crippen LogP) is 3.18. The van der Waals surface area contributed by atoms with Crippen LogP contribution in [0.3, 0.4) is 0 Å². The van der Waals surface area contributed by atoms with Crippen LogP contribution in [0.15, 0.2) is 29.2 Å². The van der Waals surface area contributed by atoms with E-state index in [0.29, 0.717) is 17.2 Å². The summed E-state index contributed by atoms with van der Waals surface area (Å²) in [6.07, 6.45) is 2.43. The molecule has 1 aromatic carbocycles. The zero-order valence-corrected chi connectivity index (χ0v) is 11.0. The van der Waals surface area contributed by atoms with Gasteiger partial charge in [-0.1, -0.05) is 24.1 Å². The fraction of sp³-hybridized carbons (Fsp3) is 0.500. The Morgan fingerprint density at radius 3 is 2.25 bits per heavy atom. The minimum Gasteiger partial charge on any atom is -0.224 e. The summed E-state index contributed by atoms with van der Waals surface area (Å²) in [5, 5.41) is 0. The maximum absolute atomic E-state index is 11.9. The van der Waals surface area contributed by atoms with Gasteiger partial charge in [0.05, 0.1) is 10.6 Å². The van der Waals surface area contributed by atoms with Gasteiger partial charge in [0.1, 0.15) is 0 Å². The van der Waals surface area contributed by atoms with Gasteiger partial charge < -0.3 is 0 Å². The highest BCUT2D eigenvalue weighted by atomic mass is 35.5. The SMILES string of the molecule is Cc1ccc(S(=O)(=O)CCCCCCl)cc1. The quantitative estimate of drug-likeness (QED) is 0.582. The van der Waals surface area contributed by atoms with Crippen LogP contribution in [0.25, 0.3) is 0 Å². The van der Waals surface area contributed by atoms with Crippen molar-refractivity contribution < 1.29 is 8.42 Å². The Kier molecular flexibility index (Phi) is 5.29. The van der Waals surface area contributed by atoms with E-state index in [4.69, 9.17) is 11.6 Å². The number of halogens is 1. The first kappa shape index (κ1) is 13.5. The molecule has 0 saturated carbocycles. The van der Waals surface area contributed by atoms with Crippen LogP contribution in [0.1, 0.15) is 24.8 Å². The van der Waals surface area contributed by atoms with E-state index in [1.807, 2.05) is 19.1 Å². The van der Waals surface area contributed by atoms with Crippen molar-refractivity contribution in [1.29, 1.82) is 0 Å². The summed E-state index contributed by atoms with van der Waals surface area (Å²) >= 11 is 5.54. The molecule has 0 radical (unpaired) electrons. The van der Waals surface area contributed by atoms with Crippen molar-refractivity contribution in [1.82, 2.24) is 0 Å². The number of hydrogen-bond acceptors (Lipinski definition) is 2. The van der Waals surface area contributed by atoms with Crippen molar-refractivity contribution in [3.63, 3.8) is 0 Å². The van der Waals surface area contributed by atoms with E-state index in [-0.39, 0.29) is 5.75 Å². The summed E-state index contributed by atoms with van der Waals surface area (Å²) < 4.78 is 23.7. The Morgan fingerprint density at radius 1 is 1.06 bits per heavy atom. The van der Waals surface area contributed by atoms with Crippen LogP contribution in [0, 0.1) is 6.92 Å². The van der Waals surface area contributed by atoms with Crippen molar-refractivity contribution in [2.24, 2.45) is 0 Å². The van der Waals surface area contributed by atoms with Gasteiger partial charge in [0, 0.05) is 5.88 Å². The van der Waals surface area contributed by atoms with Crippen LogP contribution in [0.2, 0.25) is 0 Å². The Hall–Kier alpha value is -0.540. The molecule has 0 saturated heterocycles. The third-order valence-corrected chi connectivity index (χ3v) is 4.51. The summed E-state index contributed by atoms with van der Waals surface area (Å²) in [6, 6.07) is 7.00. The number of rotatable bonds is 6. The fourth-order valence-corrected chi connectivity index (χ4v) is 2.99. The lowest BCUT2D eigenvalue weighted by Crippen LogP contribution is -2.06. The highest BCUT2D eigenvalue weighted by Gasteiger charge is 2.12. The molecular weight excluding hydrogens is 244 g/mol. The zero-order chi connectivity index (χ0) is 12.0. The third kappa shape index (κ3) is 4.14. The van der Waals surface area contributed by atoms with E-state index in [2.05, 4.69) is 0 Å². The van der Waals surface area contributed by atoms with Gasteiger partial charge in [-0.25, -0.2) is 8.42 Å². The first-order valence-corrected chi connectivity index (χ1v) is 7.60. The first-order chi connectivity index (χ1) is 7.56. The van der Waals surface area contributed by atoms with Gasteiger partial charge in [-0.3, -0.25) is 0 Å². The maximum Gasteiger partial charge on any atom is 0.178 e. The molecule has 16 heavy (non-hydrogen) atoms. The molecule has 0 spiro atoms. The molecule has 0 aliphatic heterocycles. The molecule has 0 atom stereocenters. The van der Waals surface area contributed by atoms with E-state index in [1.165, 1.54) is 0 Å². The van der Waals surface area contributed by atoms with E-state index in [1.54, 1.807) is 12.1 Å². The van der Waals surface area contributed by atoms with Crippen molar-refractivity contribution in [2.45, 2.75) is 31.1 Å². The van der Waals surface area contributed by atoms with Crippen molar-refractivity contribution >= 4 is 21.4 Å². The lowest BCUT2D eigenvalue weighted by atomic mass is 10.2. The largest absolute Gasteiger partial charge is 0.224 e. The number of sulfone groups is 1. The van der Waals surface area contributed by atoms with Crippen LogP contribution in [0.4, 0.5) is 0 Å². The van der Waals surface area contributed by atoms with Gasteiger partial charge in [0.15, 0.2) is 9.84 Å². The minimum atomic E-state index is -3.10. The van der Waals surface area contributed by atoms with Crippen LogP contribution < -0.4 is 0 Å². The van der Waals surface area contributed by atoms with Gasteiger partial charge in [-0.2, -0.15) is 0 Å². The van der Waals surface area contributed by atoms with Gasteiger partial charge in [-0.05, 0) is 31.9 Å². The lowest BCUT2D eigenvalue weighted by molar-refractivity contribution is 0.591. The number of alkyl halides is 1. The minimum absolute atomic E-state index is 0.215. The number of hydrogen-bond donors (Lipinski definition) is 0. The number of unbranched alkanes of at least 4 members (excludes halogenated alkanes) is 2. The number of benzene rings is 1. The monoisotopic (exact) mass is 260 g/mol. The maximum atomic E-state index is 11.9. The van der Waals surface area contributed by atoms with E-state index >= 15 is 0 Å². The molecular formula is C12H17ClO2S. The smallest absolute Gasteiger partial charge is 0.178 e. The molecule has 0 unspecified atom stereocenters. The number of aryl methyl sites for hydroxylation is 1. The summed E-state index contributed by atoms with van der Waals surface area (Å²) in [4.78, 5) is 0.420. The predicted molar refractivity (Wildman–Crippen MR) is 67.8 cm³/mol. The Bertz CT molecular complexity index is 409. The molecule has 90 valence electrons. The standard InChI is InChI=1S/C12H17ClO2S/c1-11-5-7-12(8-6-11)16(14,15)10-4-2-3-9-13/h5-8H,2-4,9-10H2,1H3. The summed E-state index contributed by atoms with van der Waals surface area (Å²) in [5.74, 6) is 0.817.